The third-order valence-electron chi connectivity index (χ3n) is 3.28. The lowest BCUT2D eigenvalue weighted by Gasteiger charge is -2.13. The molecule has 2 rings (SSSR count). The number of ether oxygens (including phenoxy) is 2. The van der Waals surface area contributed by atoms with Crippen molar-refractivity contribution in [3.8, 4) is 5.75 Å². The van der Waals surface area contributed by atoms with Crippen molar-refractivity contribution < 1.29 is 19.1 Å². The first-order valence-electron chi connectivity index (χ1n) is 7.79. The molecule has 0 fully saturated rings. The van der Waals surface area contributed by atoms with Crippen LogP contribution in [-0.2, 0) is 14.3 Å². The number of carbonyl (C=O) groups excluding carboxylic acids is 2. The summed E-state index contributed by atoms with van der Waals surface area (Å²) < 4.78 is 10.6. The van der Waals surface area contributed by atoms with Gasteiger partial charge in [0.25, 0.3) is 5.91 Å². The summed E-state index contributed by atoms with van der Waals surface area (Å²) in [6.45, 7) is 3.71. The van der Waals surface area contributed by atoms with Gasteiger partial charge in [0.15, 0.2) is 6.10 Å². The molecule has 0 saturated heterocycles. The highest BCUT2D eigenvalue weighted by molar-refractivity contribution is 5.95. The maximum Gasteiger partial charge on any atom is 0.310 e. The fourth-order valence-electron chi connectivity index (χ4n) is 2.03. The lowest BCUT2D eigenvalue weighted by Crippen LogP contribution is -2.30. The fraction of sp³-hybridized carbons (Fsp3) is 0.263. The van der Waals surface area contributed by atoms with Gasteiger partial charge in [-0.2, -0.15) is 0 Å². The second-order valence-electron chi connectivity index (χ2n) is 5.40. The molecule has 24 heavy (non-hydrogen) atoms. The summed E-state index contributed by atoms with van der Waals surface area (Å²) in [5.41, 5.74) is 1.74. The largest absolute Gasteiger partial charge is 0.493 e. The second kappa shape index (κ2) is 8.72. The van der Waals surface area contributed by atoms with Crippen molar-refractivity contribution >= 4 is 17.6 Å². The molecular formula is C19H21NO4. The van der Waals surface area contributed by atoms with Crippen LogP contribution in [0.4, 0.5) is 5.69 Å². The van der Waals surface area contributed by atoms with E-state index >= 15 is 0 Å². The van der Waals surface area contributed by atoms with Crippen molar-refractivity contribution in [2.45, 2.75) is 26.4 Å². The van der Waals surface area contributed by atoms with Crippen LogP contribution in [0.25, 0.3) is 0 Å². The van der Waals surface area contributed by atoms with Gasteiger partial charge in [-0.3, -0.25) is 9.59 Å². The lowest BCUT2D eigenvalue weighted by atomic mass is 10.2. The smallest absolute Gasteiger partial charge is 0.310 e. The first kappa shape index (κ1) is 17.5. The summed E-state index contributed by atoms with van der Waals surface area (Å²) in [6.07, 6.45) is -0.784. The molecule has 2 aromatic rings. The number of amides is 1. The van der Waals surface area contributed by atoms with Gasteiger partial charge in [0.2, 0.25) is 0 Å². The van der Waals surface area contributed by atoms with E-state index in [1.165, 1.54) is 6.92 Å². The van der Waals surface area contributed by atoms with Crippen molar-refractivity contribution in [2.75, 3.05) is 11.9 Å². The maximum absolute atomic E-state index is 12.0. The van der Waals surface area contributed by atoms with Crippen LogP contribution in [0.1, 0.15) is 18.9 Å². The van der Waals surface area contributed by atoms with Crippen LogP contribution in [0.15, 0.2) is 54.6 Å². The van der Waals surface area contributed by atoms with Crippen molar-refractivity contribution in [3.63, 3.8) is 0 Å². The minimum absolute atomic E-state index is 0.0803. The van der Waals surface area contributed by atoms with Gasteiger partial charge in [0.05, 0.1) is 13.0 Å². The molecule has 0 radical (unpaired) electrons. The van der Waals surface area contributed by atoms with Crippen LogP contribution in [0, 0.1) is 6.92 Å². The predicted molar refractivity (Wildman–Crippen MR) is 91.9 cm³/mol. The van der Waals surface area contributed by atoms with Crippen molar-refractivity contribution in [1.29, 1.82) is 0 Å². The highest BCUT2D eigenvalue weighted by atomic mass is 16.5. The maximum atomic E-state index is 12.0. The summed E-state index contributed by atoms with van der Waals surface area (Å²) in [5, 5.41) is 2.69. The van der Waals surface area contributed by atoms with E-state index in [0.29, 0.717) is 11.4 Å². The Morgan fingerprint density at radius 3 is 2.54 bits per heavy atom. The van der Waals surface area contributed by atoms with Gasteiger partial charge in [-0.15, -0.1) is 0 Å². The molecule has 0 aliphatic carbocycles. The molecule has 126 valence electrons. The monoisotopic (exact) mass is 327 g/mol. The Hall–Kier alpha value is -2.82. The third-order valence-corrected chi connectivity index (χ3v) is 3.28. The average Bonchev–Trinajstić information content (AvgIpc) is 2.55. The molecule has 2 aromatic carbocycles. The third kappa shape index (κ3) is 5.76. The average molecular weight is 327 g/mol. The summed E-state index contributed by atoms with van der Waals surface area (Å²) in [4.78, 5) is 23.7. The Balaban J connectivity index is 1.72. The van der Waals surface area contributed by atoms with E-state index in [4.69, 9.17) is 9.47 Å². The van der Waals surface area contributed by atoms with Crippen molar-refractivity contribution in [3.05, 3.63) is 60.2 Å². The molecule has 0 bridgehead atoms. The summed E-state index contributed by atoms with van der Waals surface area (Å²) >= 11 is 0. The van der Waals surface area contributed by atoms with E-state index in [1.807, 2.05) is 49.4 Å². The summed E-state index contributed by atoms with van der Waals surface area (Å²) in [7, 11) is 0. The van der Waals surface area contributed by atoms with E-state index in [-0.39, 0.29) is 18.9 Å². The number of esters is 1. The van der Waals surface area contributed by atoms with E-state index in [9.17, 15) is 9.59 Å². The molecule has 0 aliphatic rings. The molecule has 1 N–H and O–H groups in total. The standard InChI is InChI=1S/C19H21NO4/c1-14-7-6-10-17(13-14)23-12-11-18(21)24-15(2)19(22)20-16-8-4-3-5-9-16/h3-10,13,15H,11-12H2,1-2H3,(H,20,22)/t15-/m1/s1. The molecular weight excluding hydrogens is 306 g/mol. The first-order chi connectivity index (χ1) is 11.5. The lowest BCUT2D eigenvalue weighted by molar-refractivity contribution is -0.153. The van der Waals surface area contributed by atoms with E-state index in [1.54, 1.807) is 12.1 Å². The first-order valence-corrected chi connectivity index (χ1v) is 7.79. The Kier molecular flexibility index (Phi) is 6.37. The molecule has 1 atom stereocenters. The normalized spacial score (nSPS) is 11.4. The molecule has 1 amide bonds. The molecule has 0 aromatic heterocycles. The number of para-hydroxylation sites is 1. The highest BCUT2D eigenvalue weighted by Crippen LogP contribution is 2.12. The van der Waals surface area contributed by atoms with Gasteiger partial charge in [0.1, 0.15) is 5.75 Å². The van der Waals surface area contributed by atoms with Gasteiger partial charge >= 0.3 is 5.97 Å². The van der Waals surface area contributed by atoms with Gasteiger partial charge < -0.3 is 14.8 Å². The fourth-order valence-corrected chi connectivity index (χ4v) is 2.03. The van der Waals surface area contributed by atoms with Crippen molar-refractivity contribution in [2.24, 2.45) is 0 Å². The van der Waals surface area contributed by atoms with Crippen LogP contribution in [0.3, 0.4) is 0 Å². The van der Waals surface area contributed by atoms with Crippen LogP contribution in [-0.4, -0.2) is 24.6 Å². The van der Waals surface area contributed by atoms with Crippen LogP contribution >= 0.6 is 0 Å². The zero-order valence-corrected chi connectivity index (χ0v) is 13.8. The Bertz CT molecular complexity index is 685. The van der Waals surface area contributed by atoms with Gasteiger partial charge in [0, 0.05) is 5.69 Å². The number of benzene rings is 2. The number of nitrogens with one attached hydrogen (secondary N) is 1. The summed E-state index contributed by atoms with van der Waals surface area (Å²) in [6, 6.07) is 16.6. The predicted octanol–water partition coefficient (Wildman–Crippen LogP) is 3.33. The van der Waals surface area contributed by atoms with E-state index in [0.717, 1.165) is 5.56 Å². The number of rotatable bonds is 7. The molecule has 0 spiro atoms. The molecule has 0 aliphatic heterocycles. The number of hydrogen-bond donors (Lipinski definition) is 1. The van der Waals surface area contributed by atoms with E-state index < -0.39 is 12.1 Å². The number of anilines is 1. The Morgan fingerprint density at radius 1 is 1.08 bits per heavy atom. The highest BCUT2D eigenvalue weighted by Gasteiger charge is 2.17. The number of hydrogen-bond acceptors (Lipinski definition) is 4. The molecule has 0 saturated carbocycles. The zero-order chi connectivity index (χ0) is 17.4. The van der Waals surface area contributed by atoms with Crippen LogP contribution in [0.2, 0.25) is 0 Å². The topological polar surface area (TPSA) is 64.6 Å². The van der Waals surface area contributed by atoms with Crippen LogP contribution < -0.4 is 10.1 Å². The molecule has 5 nitrogen and oxygen atoms in total. The zero-order valence-electron chi connectivity index (χ0n) is 13.8. The molecule has 5 heteroatoms. The van der Waals surface area contributed by atoms with Gasteiger partial charge in [-0.05, 0) is 43.7 Å². The molecule has 0 heterocycles. The molecule has 0 unspecified atom stereocenters. The Morgan fingerprint density at radius 2 is 1.83 bits per heavy atom. The van der Waals surface area contributed by atoms with Crippen LogP contribution in [0.5, 0.6) is 5.75 Å². The quantitative estimate of drug-likeness (QED) is 0.792. The number of aryl methyl sites for hydroxylation is 1. The van der Waals surface area contributed by atoms with Gasteiger partial charge in [-0.25, -0.2) is 0 Å². The summed E-state index contributed by atoms with van der Waals surface area (Å²) in [5.74, 6) is -0.134. The second-order valence-corrected chi connectivity index (χ2v) is 5.40. The minimum Gasteiger partial charge on any atom is -0.493 e. The van der Waals surface area contributed by atoms with Crippen molar-refractivity contribution in [1.82, 2.24) is 0 Å². The Labute approximate surface area is 141 Å². The number of carbonyl (C=O) groups is 2. The van der Waals surface area contributed by atoms with Gasteiger partial charge in [-0.1, -0.05) is 30.3 Å². The SMILES string of the molecule is Cc1cccc(OCCC(=O)O[C@H](C)C(=O)Nc2ccccc2)c1. The van der Waals surface area contributed by atoms with E-state index in [2.05, 4.69) is 5.32 Å². The minimum atomic E-state index is -0.864.